The van der Waals surface area contributed by atoms with Crippen molar-refractivity contribution in [2.24, 2.45) is 0 Å². The summed E-state index contributed by atoms with van der Waals surface area (Å²) in [6.45, 7) is 0. The Balaban J connectivity index is 1.61. The van der Waals surface area contributed by atoms with E-state index in [1.165, 1.54) is 11.8 Å². The molecule has 24 heavy (non-hydrogen) atoms. The summed E-state index contributed by atoms with van der Waals surface area (Å²) in [5, 5.41) is 3.62. The van der Waals surface area contributed by atoms with Crippen molar-refractivity contribution in [3.05, 3.63) is 42.5 Å². The van der Waals surface area contributed by atoms with E-state index >= 15 is 0 Å². The Hall–Kier alpha value is -2.12. The van der Waals surface area contributed by atoms with Gasteiger partial charge in [0.1, 0.15) is 5.75 Å². The monoisotopic (exact) mass is 359 g/mol. The van der Waals surface area contributed by atoms with Gasteiger partial charge >= 0.3 is 0 Å². The number of thioether (sulfide) groups is 2. The second kappa shape index (κ2) is 7.63. The van der Waals surface area contributed by atoms with Gasteiger partial charge in [-0.15, -0.1) is 11.8 Å². The van der Waals surface area contributed by atoms with Crippen LogP contribution in [0.1, 0.15) is 0 Å². The minimum atomic E-state index is -0.0590. The second-order valence-electron chi connectivity index (χ2n) is 4.99. The van der Waals surface area contributed by atoms with E-state index in [0.29, 0.717) is 10.9 Å². The average molecular weight is 359 g/mol. The van der Waals surface area contributed by atoms with Crippen molar-refractivity contribution in [2.75, 3.05) is 24.4 Å². The zero-order valence-electron chi connectivity index (χ0n) is 13.3. The Morgan fingerprint density at radius 1 is 1.29 bits per heavy atom. The molecule has 0 spiro atoms. The number of anilines is 1. The molecule has 1 heterocycles. The standard InChI is InChI=1S/C17H17N3O2S2/c1-22-12-6-7-14-15(9-12)20-17(19-14)24-10-16(21)18-11-4-3-5-13(8-11)23-2/h3-9H,10H2,1-2H3,(H,18,21)(H,19,20). The normalized spacial score (nSPS) is 10.8. The van der Waals surface area contributed by atoms with Gasteiger partial charge in [0.2, 0.25) is 5.91 Å². The fourth-order valence-electron chi connectivity index (χ4n) is 2.19. The number of nitrogens with one attached hydrogen (secondary N) is 2. The summed E-state index contributed by atoms with van der Waals surface area (Å²) in [5.41, 5.74) is 2.55. The van der Waals surface area contributed by atoms with E-state index in [1.807, 2.05) is 48.7 Å². The molecule has 0 aliphatic carbocycles. The quantitative estimate of drug-likeness (QED) is 0.651. The van der Waals surface area contributed by atoms with Gasteiger partial charge < -0.3 is 15.0 Å². The van der Waals surface area contributed by atoms with Crippen molar-refractivity contribution in [3.8, 4) is 5.75 Å². The number of rotatable bonds is 6. The van der Waals surface area contributed by atoms with E-state index in [2.05, 4.69) is 15.3 Å². The van der Waals surface area contributed by atoms with Crippen LogP contribution in [0.2, 0.25) is 0 Å². The lowest BCUT2D eigenvalue weighted by Gasteiger charge is -2.05. The lowest BCUT2D eigenvalue weighted by Crippen LogP contribution is -2.14. The molecule has 0 bridgehead atoms. The Labute approximate surface area is 148 Å². The fourth-order valence-corrected chi connectivity index (χ4v) is 3.34. The number of benzene rings is 2. The third-order valence-electron chi connectivity index (χ3n) is 3.36. The van der Waals surface area contributed by atoms with E-state index in [9.17, 15) is 4.79 Å². The van der Waals surface area contributed by atoms with Gasteiger partial charge in [-0.3, -0.25) is 4.79 Å². The van der Waals surface area contributed by atoms with Crippen molar-refractivity contribution in [2.45, 2.75) is 10.1 Å². The Morgan fingerprint density at radius 2 is 2.17 bits per heavy atom. The topological polar surface area (TPSA) is 67.0 Å². The van der Waals surface area contributed by atoms with Crippen molar-refractivity contribution < 1.29 is 9.53 Å². The molecule has 1 aromatic heterocycles. The molecular weight excluding hydrogens is 342 g/mol. The Bertz CT molecular complexity index is 864. The van der Waals surface area contributed by atoms with Crippen LogP contribution < -0.4 is 10.1 Å². The molecule has 0 radical (unpaired) electrons. The zero-order valence-corrected chi connectivity index (χ0v) is 15.0. The van der Waals surface area contributed by atoms with Gasteiger partial charge in [0.05, 0.1) is 23.9 Å². The van der Waals surface area contributed by atoms with E-state index in [1.54, 1.807) is 18.9 Å². The van der Waals surface area contributed by atoms with Gasteiger partial charge in [-0.25, -0.2) is 4.98 Å². The number of carbonyl (C=O) groups excluding carboxylic acids is 1. The van der Waals surface area contributed by atoms with Gasteiger partial charge in [0, 0.05) is 16.6 Å². The first-order valence-corrected chi connectivity index (χ1v) is 9.49. The number of aromatic amines is 1. The van der Waals surface area contributed by atoms with Crippen LogP contribution in [-0.2, 0) is 4.79 Å². The highest BCUT2D eigenvalue weighted by atomic mass is 32.2. The van der Waals surface area contributed by atoms with Crippen LogP contribution in [-0.4, -0.2) is 35.0 Å². The van der Waals surface area contributed by atoms with Gasteiger partial charge in [-0.05, 0) is 36.6 Å². The number of hydrogen-bond acceptors (Lipinski definition) is 5. The molecule has 3 aromatic rings. The molecule has 0 aliphatic heterocycles. The molecule has 1 amide bonds. The molecule has 3 rings (SSSR count). The lowest BCUT2D eigenvalue weighted by atomic mass is 10.3. The molecule has 124 valence electrons. The third kappa shape index (κ3) is 4.04. The predicted molar refractivity (Wildman–Crippen MR) is 100 cm³/mol. The first-order chi connectivity index (χ1) is 11.7. The summed E-state index contributed by atoms with van der Waals surface area (Å²) in [4.78, 5) is 20.9. The maximum absolute atomic E-state index is 12.1. The first-order valence-electron chi connectivity index (χ1n) is 7.28. The summed E-state index contributed by atoms with van der Waals surface area (Å²) in [7, 11) is 1.63. The molecule has 2 aromatic carbocycles. The number of hydrogen-bond donors (Lipinski definition) is 2. The number of fused-ring (bicyclic) bond motifs is 1. The molecule has 5 nitrogen and oxygen atoms in total. The molecule has 0 atom stereocenters. The van der Waals surface area contributed by atoms with Crippen molar-refractivity contribution in [3.63, 3.8) is 0 Å². The minimum Gasteiger partial charge on any atom is -0.497 e. The fraction of sp³-hybridized carbons (Fsp3) is 0.176. The van der Waals surface area contributed by atoms with Crippen molar-refractivity contribution in [1.29, 1.82) is 0 Å². The van der Waals surface area contributed by atoms with E-state index in [4.69, 9.17) is 4.74 Å². The van der Waals surface area contributed by atoms with Crippen LogP contribution in [0.3, 0.4) is 0 Å². The molecule has 0 saturated heterocycles. The van der Waals surface area contributed by atoms with Crippen LogP contribution >= 0.6 is 23.5 Å². The van der Waals surface area contributed by atoms with Crippen molar-refractivity contribution in [1.82, 2.24) is 9.97 Å². The Morgan fingerprint density at radius 3 is 2.96 bits per heavy atom. The first kappa shape index (κ1) is 16.7. The van der Waals surface area contributed by atoms with E-state index < -0.39 is 0 Å². The lowest BCUT2D eigenvalue weighted by molar-refractivity contribution is -0.113. The summed E-state index contributed by atoms with van der Waals surface area (Å²) in [6, 6.07) is 13.4. The second-order valence-corrected chi connectivity index (χ2v) is 6.84. The summed E-state index contributed by atoms with van der Waals surface area (Å²) in [6.07, 6.45) is 2.01. The van der Waals surface area contributed by atoms with E-state index in [0.717, 1.165) is 27.4 Å². The highest BCUT2D eigenvalue weighted by Gasteiger charge is 2.08. The molecule has 7 heteroatoms. The van der Waals surface area contributed by atoms with Crippen molar-refractivity contribution >= 4 is 46.2 Å². The molecule has 0 aliphatic rings. The maximum Gasteiger partial charge on any atom is 0.234 e. The SMILES string of the molecule is COc1ccc2nc(SCC(=O)Nc3cccc(SC)c3)[nH]c2c1. The molecule has 0 fully saturated rings. The van der Waals surface area contributed by atoms with Crippen LogP contribution in [0.25, 0.3) is 11.0 Å². The summed E-state index contributed by atoms with van der Waals surface area (Å²) in [5.74, 6) is 1.01. The van der Waals surface area contributed by atoms with Crippen LogP contribution in [0, 0.1) is 0 Å². The summed E-state index contributed by atoms with van der Waals surface area (Å²) < 4.78 is 5.19. The van der Waals surface area contributed by atoms with Gasteiger partial charge in [0.25, 0.3) is 0 Å². The average Bonchev–Trinajstić information content (AvgIpc) is 3.02. The number of imidazole rings is 1. The Kier molecular flexibility index (Phi) is 5.32. The highest BCUT2D eigenvalue weighted by Crippen LogP contribution is 2.23. The van der Waals surface area contributed by atoms with E-state index in [-0.39, 0.29) is 5.91 Å². The molecule has 2 N–H and O–H groups in total. The van der Waals surface area contributed by atoms with Gasteiger partial charge in [-0.1, -0.05) is 17.8 Å². The number of aromatic nitrogens is 2. The third-order valence-corrected chi connectivity index (χ3v) is 4.96. The summed E-state index contributed by atoms with van der Waals surface area (Å²) >= 11 is 3.02. The zero-order chi connectivity index (χ0) is 16.9. The molecular formula is C17H17N3O2S2. The van der Waals surface area contributed by atoms with Crippen LogP contribution in [0.4, 0.5) is 5.69 Å². The number of methoxy groups -OCH3 is 1. The van der Waals surface area contributed by atoms with Crippen LogP contribution in [0.5, 0.6) is 5.75 Å². The molecule has 0 saturated carbocycles. The highest BCUT2D eigenvalue weighted by molar-refractivity contribution is 7.99. The number of ether oxygens (including phenoxy) is 1. The number of H-pyrrole nitrogens is 1. The smallest absolute Gasteiger partial charge is 0.234 e. The molecule has 0 unspecified atom stereocenters. The predicted octanol–water partition coefficient (Wildman–Crippen LogP) is 4.02. The van der Waals surface area contributed by atoms with Gasteiger partial charge in [-0.2, -0.15) is 0 Å². The van der Waals surface area contributed by atoms with Gasteiger partial charge in [0.15, 0.2) is 5.16 Å². The largest absolute Gasteiger partial charge is 0.497 e. The minimum absolute atomic E-state index is 0.0590. The number of nitrogens with zero attached hydrogens (tertiary/aromatic N) is 1. The number of carbonyl (C=O) groups is 1. The number of amides is 1. The van der Waals surface area contributed by atoms with Crippen LogP contribution in [0.15, 0.2) is 52.5 Å². The maximum atomic E-state index is 12.1.